The Hall–Kier alpha value is -1.66. The first-order chi connectivity index (χ1) is 10.8. The van der Waals surface area contributed by atoms with Crippen molar-refractivity contribution in [2.45, 2.75) is 13.5 Å². The molecule has 0 atom stereocenters. The molecule has 0 aliphatic carbocycles. The molecule has 1 aliphatic heterocycles. The minimum absolute atomic E-state index is 0.213. The van der Waals surface area contributed by atoms with Crippen LogP contribution in [0.15, 0.2) is 29.3 Å². The molecule has 2 rings (SSSR count). The zero-order chi connectivity index (χ0) is 15.6. The number of nitrogens with zero attached hydrogens (tertiary/aromatic N) is 2. The van der Waals surface area contributed by atoms with Crippen LogP contribution >= 0.6 is 0 Å². The number of hydrogen-bond donors (Lipinski definition) is 2. The SMILES string of the molecule is CCNC(=NCc1ccccc1F)NCCN1CCOCC1. The van der Waals surface area contributed by atoms with Crippen LogP contribution in [0.3, 0.4) is 0 Å². The molecule has 122 valence electrons. The Kier molecular flexibility index (Phi) is 7.12. The van der Waals surface area contributed by atoms with Gasteiger partial charge >= 0.3 is 0 Å². The van der Waals surface area contributed by atoms with Gasteiger partial charge in [-0.1, -0.05) is 18.2 Å². The first kappa shape index (κ1) is 16.7. The predicted molar refractivity (Wildman–Crippen MR) is 86.5 cm³/mol. The third kappa shape index (κ3) is 5.61. The number of rotatable bonds is 6. The quantitative estimate of drug-likeness (QED) is 0.613. The summed E-state index contributed by atoms with van der Waals surface area (Å²) in [4.78, 5) is 6.80. The van der Waals surface area contributed by atoms with Crippen molar-refractivity contribution in [2.24, 2.45) is 4.99 Å². The molecule has 0 amide bonds. The van der Waals surface area contributed by atoms with Crippen molar-refractivity contribution in [3.05, 3.63) is 35.6 Å². The van der Waals surface area contributed by atoms with E-state index < -0.39 is 0 Å². The summed E-state index contributed by atoms with van der Waals surface area (Å²) in [6.07, 6.45) is 0. The first-order valence-corrected chi connectivity index (χ1v) is 7.85. The molecule has 1 aliphatic rings. The molecule has 0 saturated carbocycles. The largest absolute Gasteiger partial charge is 0.379 e. The lowest BCUT2D eigenvalue weighted by atomic mass is 10.2. The summed E-state index contributed by atoms with van der Waals surface area (Å²) in [5, 5.41) is 6.47. The van der Waals surface area contributed by atoms with Crippen molar-refractivity contribution < 1.29 is 9.13 Å². The lowest BCUT2D eigenvalue weighted by molar-refractivity contribution is 0.0389. The maximum absolute atomic E-state index is 13.6. The van der Waals surface area contributed by atoms with Crippen molar-refractivity contribution in [3.63, 3.8) is 0 Å². The molecule has 6 heteroatoms. The van der Waals surface area contributed by atoms with E-state index in [9.17, 15) is 4.39 Å². The Morgan fingerprint density at radius 2 is 2.05 bits per heavy atom. The standard InChI is InChI=1S/C16H25FN4O/c1-2-18-16(19-7-8-21-9-11-22-12-10-21)20-13-14-5-3-4-6-15(14)17/h3-6H,2,7-13H2,1H3,(H2,18,19,20). The third-order valence-electron chi connectivity index (χ3n) is 3.53. The van der Waals surface area contributed by atoms with Crippen LogP contribution < -0.4 is 10.6 Å². The fourth-order valence-electron chi connectivity index (χ4n) is 2.29. The molecule has 2 N–H and O–H groups in total. The predicted octanol–water partition coefficient (Wildman–Crippen LogP) is 1.21. The minimum atomic E-state index is -0.213. The summed E-state index contributed by atoms with van der Waals surface area (Å²) in [6.45, 7) is 8.46. The van der Waals surface area contributed by atoms with Gasteiger partial charge in [0.25, 0.3) is 0 Å². The van der Waals surface area contributed by atoms with Crippen LogP contribution in [-0.4, -0.2) is 56.8 Å². The van der Waals surface area contributed by atoms with E-state index in [4.69, 9.17) is 4.74 Å². The van der Waals surface area contributed by atoms with Crippen LogP contribution in [0, 0.1) is 5.82 Å². The average molecular weight is 308 g/mol. The molecule has 1 saturated heterocycles. The topological polar surface area (TPSA) is 48.9 Å². The number of aliphatic imine (C=N–C) groups is 1. The fourth-order valence-corrected chi connectivity index (χ4v) is 2.29. The molecule has 1 aromatic carbocycles. The van der Waals surface area contributed by atoms with Gasteiger partial charge in [-0.05, 0) is 13.0 Å². The molecular formula is C16H25FN4O. The summed E-state index contributed by atoms with van der Waals surface area (Å²) < 4.78 is 18.9. The highest BCUT2D eigenvalue weighted by atomic mass is 19.1. The first-order valence-electron chi connectivity index (χ1n) is 7.85. The van der Waals surface area contributed by atoms with Crippen LogP contribution in [0.4, 0.5) is 4.39 Å². The lowest BCUT2D eigenvalue weighted by Gasteiger charge is -2.26. The van der Waals surface area contributed by atoms with Crippen molar-refractivity contribution in [3.8, 4) is 0 Å². The van der Waals surface area contributed by atoms with Gasteiger partial charge in [0.2, 0.25) is 0 Å². The molecule has 5 nitrogen and oxygen atoms in total. The summed E-state index contributed by atoms with van der Waals surface area (Å²) in [7, 11) is 0. The lowest BCUT2D eigenvalue weighted by Crippen LogP contribution is -2.44. The molecule has 1 fully saturated rings. The second kappa shape index (κ2) is 9.38. The Bertz CT molecular complexity index is 475. The Labute approximate surface area is 131 Å². The number of guanidine groups is 1. The van der Waals surface area contributed by atoms with Crippen LogP contribution in [0.1, 0.15) is 12.5 Å². The zero-order valence-corrected chi connectivity index (χ0v) is 13.1. The van der Waals surface area contributed by atoms with E-state index in [1.807, 2.05) is 13.0 Å². The minimum Gasteiger partial charge on any atom is -0.379 e. The van der Waals surface area contributed by atoms with Gasteiger partial charge in [-0.15, -0.1) is 0 Å². The Balaban J connectivity index is 1.80. The van der Waals surface area contributed by atoms with E-state index in [0.29, 0.717) is 12.1 Å². The van der Waals surface area contributed by atoms with E-state index in [1.54, 1.807) is 12.1 Å². The number of hydrogen-bond acceptors (Lipinski definition) is 3. The molecule has 0 spiro atoms. The molecular weight excluding hydrogens is 283 g/mol. The number of halogens is 1. The van der Waals surface area contributed by atoms with Crippen molar-refractivity contribution >= 4 is 5.96 Å². The highest BCUT2D eigenvalue weighted by Crippen LogP contribution is 2.07. The zero-order valence-electron chi connectivity index (χ0n) is 13.1. The van der Waals surface area contributed by atoms with Crippen LogP contribution in [0.5, 0.6) is 0 Å². The molecule has 0 aromatic heterocycles. The monoisotopic (exact) mass is 308 g/mol. The maximum Gasteiger partial charge on any atom is 0.191 e. The smallest absolute Gasteiger partial charge is 0.191 e. The number of nitrogens with one attached hydrogen (secondary N) is 2. The summed E-state index contributed by atoms with van der Waals surface area (Å²) >= 11 is 0. The third-order valence-corrected chi connectivity index (χ3v) is 3.53. The van der Waals surface area contributed by atoms with Crippen molar-refractivity contribution in [2.75, 3.05) is 45.9 Å². The molecule has 1 aromatic rings. The molecule has 0 unspecified atom stereocenters. The van der Waals surface area contributed by atoms with Crippen LogP contribution in [-0.2, 0) is 11.3 Å². The van der Waals surface area contributed by atoms with Gasteiger partial charge < -0.3 is 15.4 Å². The molecule has 1 heterocycles. The summed E-state index contributed by atoms with van der Waals surface area (Å²) in [5.41, 5.74) is 0.605. The van der Waals surface area contributed by atoms with Crippen molar-refractivity contribution in [1.82, 2.24) is 15.5 Å². The van der Waals surface area contributed by atoms with Crippen LogP contribution in [0.2, 0.25) is 0 Å². The number of benzene rings is 1. The molecule has 0 bridgehead atoms. The van der Waals surface area contributed by atoms with Gasteiger partial charge in [0.1, 0.15) is 5.82 Å². The van der Waals surface area contributed by atoms with E-state index >= 15 is 0 Å². The highest BCUT2D eigenvalue weighted by molar-refractivity contribution is 5.79. The van der Waals surface area contributed by atoms with E-state index in [-0.39, 0.29) is 5.82 Å². The van der Waals surface area contributed by atoms with Crippen LogP contribution in [0.25, 0.3) is 0 Å². The van der Waals surface area contributed by atoms with Gasteiger partial charge in [-0.25, -0.2) is 9.38 Å². The van der Waals surface area contributed by atoms with E-state index in [2.05, 4.69) is 20.5 Å². The Morgan fingerprint density at radius 3 is 2.77 bits per heavy atom. The maximum atomic E-state index is 13.6. The number of morpholine rings is 1. The second-order valence-electron chi connectivity index (χ2n) is 5.17. The average Bonchev–Trinajstić information content (AvgIpc) is 2.55. The van der Waals surface area contributed by atoms with Gasteiger partial charge in [0.15, 0.2) is 5.96 Å². The van der Waals surface area contributed by atoms with Gasteiger partial charge in [0, 0.05) is 38.3 Å². The van der Waals surface area contributed by atoms with Gasteiger partial charge in [0.05, 0.1) is 19.8 Å². The fraction of sp³-hybridized carbons (Fsp3) is 0.562. The van der Waals surface area contributed by atoms with Gasteiger partial charge in [-0.2, -0.15) is 0 Å². The normalized spacial score (nSPS) is 16.5. The van der Waals surface area contributed by atoms with E-state index in [0.717, 1.165) is 51.9 Å². The van der Waals surface area contributed by atoms with Gasteiger partial charge in [-0.3, -0.25) is 4.90 Å². The second-order valence-corrected chi connectivity index (χ2v) is 5.17. The molecule has 22 heavy (non-hydrogen) atoms. The summed E-state index contributed by atoms with van der Waals surface area (Å²) in [6, 6.07) is 6.74. The number of ether oxygens (including phenoxy) is 1. The molecule has 0 radical (unpaired) electrons. The van der Waals surface area contributed by atoms with Crippen molar-refractivity contribution in [1.29, 1.82) is 0 Å². The summed E-state index contributed by atoms with van der Waals surface area (Å²) in [5.74, 6) is 0.509. The van der Waals surface area contributed by atoms with E-state index in [1.165, 1.54) is 6.07 Å². The highest BCUT2D eigenvalue weighted by Gasteiger charge is 2.09. The Morgan fingerprint density at radius 1 is 1.27 bits per heavy atom.